The number of methoxy groups -OCH3 is 1. The predicted octanol–water partition coefficient (Wildman–Crippen LogP) is 2.00. The van der Waals surface area contributed by atoms with Crippen LogP contribution in [0.5, 0.6) is 0 Å². The highest BCUT2D eigenvalue weighted by Crippen LogP contribution is 2.25. The van der Waals surface area contributed by atoms with E-state index in [0.29, 0.717) is 31.7 Å². The molecule has 0 saturated heterocycles. The summed E-state index contributed by atoms with van der Waals surface area (Å²) in [5.41, 5.74) is 2.57. The molecule has 0 fully saturated rings. The van der Waals surface area contributed by atoms with Crippen molar-refractivity contribution in [3.8, 4) is 0 Å². The Morgan fingerprint density at radius 1 is 1.29 bits per heavy atom. The van der Waals surface area contributed by atoms with Gasteiger partial charge in [0.1, 0.15) is 6.04 Å². The molecule has 1 aromatic rings. The summed E-state index contributed by atoms with van der Waals surface area (Å²) >= 11 is 0. The largest absolute Gasteiger partial charge is 0.385 e. The minimum Gasteiger partial charge on any atom is -0.385 e. The molecule has 0 aliphatic carbocycles. The van der Waals surface area contributed by atoms with Crippen LogP contribution >= 0.6 is 0 Å². The number of hydrogen-bond donors (Lipinski definition) is 1. The van der Waals surface area contributed by atoms with Crippen LogP contribution in [0.25, 0.3) is 0 Å². The monoisotopic (exact) mass is 356 g/mol. The number of sulfonamides is 1. The summed E-state index contributed by atoms with van der Waals surface area (Å²) in [5.74, 6) is -0.294. The van der Waals surface area contributed by atoms with Crippen molar-refractivity contribution in [2.24, 2.45) is 0 Å². The van der Waals surface area contributed by atoms with Gasteiger partial charge in [-0.25, -0.2) is 8.42 Å². The zero-order chi connectivity index (χ0) is 18.3. The van der Waals surface area contributed by atoms with Crippen LogP contribution in [0, 0.1) is 13.8 Å². The third-order valence-electron chi connectivity index (χ3n) is 3.90. The summed E-state index contributed by atoms with van der Waals surface area (Å²) in [4.78, 5) is 12.5. The van der Waals surface area contributed by atoms with Crippen LogP contribution in [0.4, 0.5) is 5.69 Å². The number of benzene rings is 1. The fourth-order valence-corrected chi connectivity index (χ4v) is 3.67. The van der Waals surface area contributed by atoms with Crippen molar-refractivity contribution in [3.05, 3.63) is 29.3 Å². The molecule has 24 heavy (non-hydrogen) atoms. The second-order valence-corrected chi connectivity index (χ2v) is 7.75. The number of amides is 1. The Kier molecular flexibility index (Phi) is 7.69. The molecule has 0 bridgehead atoms. The number of carbonyl (C=O) groups excluding carboxylic acids is 1. The summed E-state index contributed by atoms with van der Waals surface area (Å²) < 4.78 is 30.8. The second kappa shape index (κ2) is 9.03. The van der Waals surface area contributed by atoms with E-state index in [1.807, 2.05) is 19.9 Å². The summed E-state index contributed by atoms with van der Waals surface area (Å²) in [6.07, 6.45) is 2.19. The molecule has 0 heterocycles. The van der Waals surface area contributed by atoms with Crippen molar-refractivity contribution in [1.29, 1.82) is 0 Å². The molecular weight excluding hydrogens is 328 g/mol. The molecule has 7 heteroatoms. The summed E-state index contributed by atoms with van der Waals surface area (Å²) in [6, 6.07) is 4.64. The number of ether oxygens (including phenoxy) is 1. The van der Waals surface area contributed by atoms with Gasteiger partial charge in [0, 0.05) is 20.3 Å². The molecule has 0 spiro atoms. The van der Waals surface area contributed by atoms with Crippen LogP contribution in [0.2, 0.25) is 0 Å². The van der Waals surface area contributed by atoms with E-state index in [9.17, 15) is 13.2 Å². The topological polar surface area (TPSA) is 75.7 Å². The first-order chi connectivity index (χ1) is 11.2. The summed E-state index contributed by atoms with van der Waals surface area (Å²) in [6.45, 7) is 6.69. The van der Waals surface area contributed by atoms with Crippen molar-refractivity contribution < 1.29 is 17.9 Å². The van der Waals surface area contributed by atoms with Gasteiger partial charge in [-0.1, -0.05) is 13.0 Å². The van der Waals surface area contributed by atoms with Crippen molar-refractivity contribution in [2.75, 3.05) is 30.8 Å². The van der Waals surface area contributed by atoms with Gasteiger partial charge < -0.3 is 10.1 Å². The molecule has 1 N–H and O–H groups in total. The molecule has 0 aliphatic heterocycles. The average Bonchev–Trinajstić information content (AvgIpc) is 2.50. The minimum absolute atomic E-state index is 0.294. The summed E-state index contributed by atoms with van der Waals surface area (Å²) in [5, 5.41) is 2.79. The Balaban J connectivity index is 3.08. The maximum Gasteiger partial charge on any atom is 0.243 e. The molecule has 6 nitrogen and oxygen atoms in total. The van der Waals surface area contributed by atoms with E-state index in [0.717, 1.165) is 17.4 Å². The number of aryl methyl sites for hydroxylation is 2. The molecule has 1 amide bonds. The van der Waals surface area contributed by atoms with E-state index in [1.165, 1.54) is 4.31 Å². The number of hydrogen-bond acceptors (Lipinski definition) is 4. The van der Waals surface area contributed by atoms with Crippen LogP contribution in [-0.4, -0.2) is 46.9 Å². The first kappa shape index (κ1) is 20.4. The van der Waals surface area contributed by atoms with Gasteiger partial charge in [-0.3, -0.25) is 9.10 Å². The van der Waals surface area contributed by atoms with Gasteiger partial charge in [-0.05, 0) is 49.9 Å². The Hall–Kier alpha value is -1.60. The molecule has 1 rings (SSSR count). The molecule has 0 unspecified atom stereocenters. The molecule has 1 atom stereocenters. The van der Waals surface area contributed by atoms with Gasteiger partial charge in [0.25, 0.3) is 0 Å². The number of nitrogens with zero attached hydrogens (tertiary/aromatic N) is 1. The van der Waals surface area contributed by atoms with Gasteiger partial charge in [-0.15, -0.1) is 0 Å². The van der Waals surface area contributed by atoms with Gasteiger partial charge >= 0.3 is 0 Å². The van der Waals surface area contributed by atoms with Gasteiger partial charge in [0.05, 0.1) is 11.9 Å². The SMILES string of the molecule is CC[C@H](C(=O)NCCCOC)N(c1ccc(C)c(C)c1)S(C)(=O)=O. The normalized spacial score (nSPS) is 12.7. The third kappa shape index (κ3) is 5.49. The average molecular weight is 356 g/mol. The lowest BCUT2D eigenvalue weighted by molar-refractivity contribution is -0.122. The van der Waals surface area contributed by atoms with Crippen molar-refractivity contribution in [1.82, 2.24) is 5.32 Å². The molecule has 0 radical (unpaired) electrons. The quantitative estimate of drug-likeness (QED) is 0.687. The van der Waals surface area contributed by atoms with E-state index in [1.54, 1.807) is 26.2 Å². The Bertz CT molecular complexity index is 659. The highest BCUT2D eigenvalue weighted by molar-refractivity contribution is 7.92. The Labute approximate surface area is 145 Å². The number of carbonyl (C=O) groups is 1. The minimum atomic E-state index is -3.59. The zero-order valence-electron chi connectivity index (χ0n) is 15.1. The van der Waals surface area contributed by atoms with Gasteiger partial charge in [0.2, 0.25) is 15.9 Å². The van der Waals surface area contributed by atoms with Crippen molar-refractivity contribution in [3.63, 3.8) is 0 Å². The van der Waals surface area contributed by atoms with Crippen LogP contribution < -0.4 is 9.62 Å². The van der Waals surface area contributed by atoms with E-state index in [4.69, 9.17) is 4.74 Å². The standard InChI is InChI=1S/C17H28N2O4S/c1-6-16(17(20)18-10-7-11-23-4)19(24(5,21)22)15-9-8-13(2)14(3)12-15/h8-9,12,16H,6-7,10-11H2,1-5H3,(H,18,20)/t16-/m1/s1. The maximum atomic E-state index is 12.5. The van der Waals surface area contributed by atoms with Crippen LogP contribution in [0.1, 0.15) is 30.9 Å². The Morgan fingerprint density at radius 2 is 1.96 bits per heavy atom. The lowest BCUT2D eigenvalue weighted by atomic mass is 10.1. The van der Waals surface area contributed by atoms with Crippen LogP contribution in [0.3, 0.4) is 0 Å². The van der Waals surface area contributed by atoms with E-state index in [2.05, 4.69) is 5.32 Å². The van der Waals surface area contributed by atoms with E-state index >= 15 is 0 Å². The highest BCUT2D eigenvalue weighted by atomic mass is 32.2. The molecular formula is C17H28N2O4S. The predicted molar refractivity (Wildman–Crippen MR) is 96.8 cm³/mol. The molecule has 136 valence electrons. The van der Waals surface area contributed by atoms with E-state index in [-0.39, 0.29) is 5.91 Å². The van der Waals surface area contributed by atoms with E-state index < -0.39 is 16.1 Å². The van der Waals surface area contributed by atoms with Crippen LogP contribution in [0.15, 0.2) is 18.2 Å². The van der Waals surface area contributed by atoms with Crippen molar-refractivity contribution in [2.45, 2.75) is 39.7 Å². The van der Waals surface area contributed by atoms with Gasteiger partial charge in [0.15, 0.2) is 0 Å². The lowest BCUT2D eigenvalue weighted by Gasteiger charge is -2.30. The number of anilines is 1. The summed E-state index contributed by atoms with van der Waals surface area (Å²) in [7, 11) is -1.99. The maximum absolute atomic E-state index is 12.5. The lowest BCUT2D eigenvalue weighted by Crippen LogP contribution is -2.49. The molecule has 0 aromatic heterocycles. The second-order valence-electron chi connectivity index (χ2n) is 5.89. The fourth-order valence-electron chi connectivity index (χ4n) is 2.47. The highest BCUT2D eigenvalue weighted by Gasteiger charge is 2.31. The number of rotatable bonds is 9. The third-order valence-corrected chi connectivity index (χ3v) is 5.08. The first-order valence-electron chi connectivity index (χ1n) is 8.05. The molecule has 0 aliphatic rings. The Morgan fingerprint density at radius 3 is 2.46 bits per heavy atom. The van der Waals surface area contributed by atoms with Gasteiger partial charge in [-0.2, -0.15) is 0 Å². The van der Waals surface area contributed by atoms with Crippen molar-refractivity contribution >= 4 is 21.6 Å². The number of nitrogens with one attached hydrogen (secondary N) is 1. The fraction of sp³-hybridized carbons (Fsp3) is 0.588. The molecule has 0 saturated carbocycles. The first-order valence-corrected chi connectivity index (χ1v) is 9.90. The zero-order valence-corrected chi connectivity index (χ0v) is 15.9. The molecule has 1 aromatic carbocycles. The van der Waals surface area contributed by atoms with Crippen LogP contribution in [-0.2, 0) is 19.6 Å². The smallest absolute Gasteiger partial charge is 0.243 e.